The number of pyridine rings is 1. The lowest BCUT2D eigenvalue weighted by Gasteiger charge is -2.29. The number of nitrogens with zero attached hydrogens (tertiary/aromatic N) is 1. The van der Waals surface area contributed by atoms with Crippen molar-refractivity contribution in [1.82, 2.24) is 10.3 Å². The molecule has 3 heteroatoms. The van der Waals surface area contributed by atoms with Crippen molar-refractivity contribution in [2.45, 2.75) is 45.2 Å². The highest BCUT2D eigenvalue weighted by Crippen LogP contribution is 2.23. The van der Waals surface area contributed by atoms with Crippen LogP contribution in [0.25, 0.3) is 0 Å². The van der Waals surface area contributed by atoms with Crippen molar-refractivity contribution in [1.29, 1.82) is 0 Å². The molecule has 2 unspecified atom stereocenters. The first-order valence-corrected chi connectivity index (χ1v) is 6.89. The second-order valence-corrected chi connectivity index (χ2v) is 5.63. The molecule has 0 bridgehead atoms. The van der Waals surface area contributed by atoms with E-state index in [4.69, 9.17) is 0 Å². The second-order valence-electron chi connectivity index (χ2n) is 4.72. The van der Waals surface area contributed by atoms with Gasteiger partial charge < -0.3 is 5.32 Å². The summed E-state index contributed by atoms with van der Waals surface area (Å²) in [5.41, 5.74) is 1.13. The van der Waals surface area contributed by atoms with E-state index in [-0.39, 0.29) is 0 Å². The first kappa shape index (κ1) is 12.1. The van der Waals surface area contributed by atoms with Crippen LogP contribution in [0.5, 0.6) is 0 Å². The molecule has 1 aliphatic rings. The van der Waals surface area contributed by atoms with E-state index in [1.54, 1.807) is 0 Å². The third-order valence-electron chi connectivity index (χ3n) is 3.45. The van der Waals surface area contributed by atoms with Crippen LogP contribution in [0, 0.1) is 5.92 Å². The molecule has 16 heavy (non-hydrogen) atoms. The van der Waals surface area contributed by atoms with Gasteiger partial charge in [0.05, 0.1) is 5.69 Å². The van der Waals surface area contributed by atoms with Crippen LogP contribution in [0.1, 0.15) is 38.3 Å². The minimum absolute atomic E-state index is 0.680. The van der Waals surface area contributed by atoms with Crippen LogP contribution in [0.2, 0.25) is 0 Å². The van der Waals surface area contributed by atoms with Crippen LogP contribution in [0.3, 0.4) is 0 Å². The predicted molar refractivity (Wildman–Crippen MR) is 70.2 cm³/mol. The summed E-state index contributed by atoms with van der Waals surface area (Å²) >= 11 is 3.40. The summed E-state index contributed by atoms with van der Waals surface area (Å²) in [6.45, 7) is 3.24. The Labute approximate surface area is 106 Å². The molecule has 0 saturated heterocycles. The highest BCUT2D eigenvalue weighted by Gasteiger charge is 2.20. The summed E-state index contributed by atoms with van der Waals surface area (Å²) in [5.74, 6) is 0.809. The Morgan fingerprint density at radius 2 is 2.19 bits per heavy atom. The summed E-state index contributed by atoms with van der Waals surface area (Å²) < 4.78 is 1.04. The van der Waals surface area contributed by atoms with Gasteiger partial charge in [0.25, 0.3) is 0 Å². The fourth-order valence-corrected chi connectivity index (χ4v) is 2.60. The summed E-state index contributed by atoms with van der Waals surface area (Å²) in [6, 6.07) is 4.80. The minimum atomic E-state index is 0.680. The van der Waals surface area contributed by atoms with E-state index in [9.17, 15) is 0 Å². The van der Waals surface area contributed by atoms with Crippen molar-refractivity contribution in [2.24, 2.45) is 5.92 Å². The third-order valence-corrected chi connectivity index (χ3v) is 3.91. The monoisotopic (exact) mass is 282 g/mol. The zero-order chi connectivity index (χ0) is 11.4. The molecule has 1 aliphatic carbocycles. The fourth-order valence-electron chi connectivity index (χ4n) is 2.37. The van der Waals surface area contributed by atoms with Crippen LogP contribution < -0.4 is 5.32 Å². The maximum atomic E-state index is 4.38. The normalized spacial score (nSPS) is 25.6. The lowest BCUT2D eigenvalue weighted by Crippen LogP contribution is -2.36. The van der Waals surface area contributed by atoms with Crippen molar-refractivity contribution >= 4 is 15.9 Å². The maximum Gasteiger partial charge on any atom is 0.0542 e. The number of hydrogen-bond acceptors (Lipinski definition) is 2. The summed E-state index contributed by atoms with van der Waals surface area (Å²) in [4.78, 5) is 4.38. The lowest BCUT2D eigenvalue weighted by molar-refractivity contribution is 0.278. The van der Waals surface area contributed by atoms with Crippen LogP contribution in [-0.4, -0.2) is 11.0 Å². The molecule has 1 aromatic heterocycles. The zero-order valence-electron chi connectivity index (χ0n) is 9.75. The average molecular weight is 283 g/mol. The summed E-state index contributed by atoms with van der Waals surface area (Å²) in [7, 11) is 0. The molecule has 2 nitrogen and oxygen atoms in total. The highest BCUT2D eigenvalue weighted by atomic mass is 79.9. The minimum Gasteiger partial charge on any atom is -0.308 e. The maximum absolute atomic E-state index is 4.38. The molecule has 1 aromatic rings. The molecule has 0 amide bonds. The van der Waals surface area contributed by atoms with E-state index in [1.807, 2.05) is 12.3 Å². The van der Waals surface area contributed by atoms with Crippen LogP contribution in [-0.2, 0) is 6.54 Å². The Bertz CT molecular complexity index is 323. The largest absolute Gasteiger partial charge is 0.308 e. The van der Waals surface area contributed by atoms with Crippen LogP contribution in [0.15, 0.2) is 22.8 Å². The molecule has 0 aromatic carbocycles. The van der Waals surface area contributed by atoms with Gasteiger partial charge in [-0.25, -0.2) is 0 Å². The van der Waals surface area contributed by atoms with E-state index in [2.05, 4.69) is 39.2 Å². The molecule has 88 valence electrons. The SMILES string of the molecule is CC1CCCCC1NCc1ccc(Br)cn1. The predicted octanol–water partition coefficient (Wildman–Crippen LogP) is 3.51. The Morgan fingerprint density at radius 1 is 1.38 bits per heavy atom. The molecule has 2 atom stereocenters. The molecule has 1 heterocycles. The van der Waals surface area contributed by atoms with Crippen molar-refractivity contribution < 1.29 is 0 Å². The van der Waals surface area contributed by atoms with E-state index < -0.39 is 0 Å². The van der Waals surface area contributed by atoms with Crippen LogP contribution in [0.4, 0.5) is 0 Å². The van der Waals surface area contributed by atoms with Crippen molar-refractivity contribution in [3.8, 4) is 0 Å². The quantitative estimate of drug-likeness (QED) is 0.918. The first-order chi connectivity index (χ1) is 7.75. The van der Waals surface area contributed by atoms with E-state index in [1.165, 1.54) is 25.7 Å². The molecule has 1 saturated carbocycles. The molecule has 0 radical (unpaired) electrons. The van der Waals surface area contributed by atoms with Gasteiger partial charge in [-0.3, -0.25) is 4.98 Å². The zero-order valence-corrected chi connectivity index (χ0v) is 11.3. The Balaban J connectivity index is 1.84. The first-order valence-electron chi connectivity index (χ1n) is 6.09. The Hall–Kier alpha value is -0.410. The highest BCUT2D eigenvalue weighted by molar-refractivity contribution is 9.10. The average Bonchev–Trinajstić information content (AvgIpc) is 2.30. The van der Waals surface area contributed by atoms with Gasteiger partial charge in [0.1, 0.15) is 0 Å². The van der Waals surface area contributed by atoms with Gasteiger partial charge in [0.15, 0.2) is 0 Å². The smallest absolute Gasteiger partial charge is 0.0542 e. The topological polar surface area (TPSA) is 24.9 Å². The van der Waals surface area contributed by atoms with E-state index >= 15 is 0 Å². The summed E-state index contributed by atoms with van der Waals surface area (Å²) in [5, 5.41) is 3.63. The number of hydrogen-bond donors (Lipinski definition) is 1. The standard InChI is InChI=1S/C13H19BrN2/c1-10-4-2-3-5-13(10)16-9-12-7-6-11(14)8-15-12/h6-8,10,13,16H,2-5,9H2,1H3. The molecular formula is C13H19BrN2. The number of halogens is 1. The molecule has 1 N–H and O–H groups in total. The summed E-state index contributed by atoms with van der Waals surface area (Å²) in [6.07, 6.45) is 7.32. The van der Waals surface area contributed by atoms with E-state index in [0.717, 1.165) is 22.6 Å². The fraction of sp³-hybridized carbons (Fsp3) is 0.615. The van der Waals surface area contributed by atoms with Gasteiger partial charge in [-0.1, -0.05) is 19.8 Å². The van der Waals surface area contributed by atoms with Crippen molar-refractivity contribution in [3.63, 3.8) is 0 Å². The van der Waals surface area contributed by atoms with Crippen LogP contribution >= 0.6 is 15.9 Å². The van der Waals surface area contributed by atoms with Gasteiger partial charge in [0.2, 0.25) is 0 Å². The Morgan fingerprint density at radius 3 is 2.88 bits per heavy atom. The van der Waals surface area contributed by atoms with Gasteiger partial charge >= 0.3 is 0 Å². The molecular weight excluding hydrogens is 264 g/mol. The number of rotatable bonds is 3. The molecule has 0 aliphatic heterocycles. The van der Waals surface area contributed by atoms with Crippen molar-refractivity contribution in [3.05, 3.63) is 28.5 Å². The number of aromatic nitrogens is 1. The van der Waals surface area contributed by atoms with Gasteiger partial charge in [-0.15, -0.1) is 0 Å². The Kier molecular flexibility index (Phi) is 4.36. The van der Waals surface area contributed by atoms with Gasteiger partial charge in [0, 0.05) is 23.3 Å². The lowest BCUT2D eigenvalue weighted by atomic mass is 9.86. The number of nitrogens with one attached hydrogen (secondary N) is 1. The second kappa shape index (κ2) is 5.78. The molecule has 2 rings (SSSR count). The molecule has 0 spiro atoms. The molecule has 1 fully saturated rings. The van der Waals surface area contributed by atoms with Gasteiger partial charge in [-0.05, 0) is 46.8 Å². The third kappa shape index (κ3) is 3.29. The van der Waals surface area contributed by atoms with Crippen molar-refractivity contribution in [2.75, 3.05) is 0 Å². The van der Waals surface area contributed by atoms with Gasteiger partial charge in [-0.2, -0.15) is 0 Å². The van der Waals surface area contributed by atoms with E-state index in [0.29, 0.717) is 6.04 Å².